The molecule has 1 heterocycles. The maximum absolute atomic E-state index is 5.61. The molecule has 0 aromatic heterocycles. The van der Waals surface area contributed by atoms with E-state index in [0.29, 0.717) is 0 Å². The van der Waals surface area contributed by atoms with Crippen LogP contribution in [0.1, 0.15) is 17.5 Å². The van der Waals surface area contributed by atoms with Gasteiger partial charge in [-0.2, -0.15) is 0 Å². The predicted octanol–water partition coefficient (Wildman–Crippen LogP) is 2.61. The van der Waals surface area contributed by atoms with Gasteiger partial charge >= 0.3 is 7.12 Å². The quantitative estimate of drug-likeness (QED) is 0.618. The van der Waals surface area contributed by atoms with Gasteiger partial charge in [0.25, 0.3) is 0 Å². The third kappa shape index (κ3) is 3.09. The number of halogens is 2. The maximum atomic E-state index is 5.61. The van der Waals surface area contributed by atoms with Crippen LogP contribution in [0.3, 0.4) is 0 Å². The monoisotopic (exact) mass is 346 g/mol. The van der Waals surface area contributed by atoms with Gasteiger partial charge in [0.05, 0.1) is 0 Å². The van der Waals surface area contributed by atoms with Crippen LogP contribution in [0.2, 0.25) is 0 Å². The Balaban J connectivity index is 2.24. The van der Waals surface area contributed by atoms with Gasteiger partial charge in [-0.3, -0.25) is 0 Å². The van der Waals surface area contributed by atoms with Gasteiger partial charge in [0, 0.05) is 23.9 Å². The van der Waals surface area contributed by atoms with Crippen LogP contribution < -0.4 is 5.46 Å². The summed E-state index contributed by atoms with van der Waals surface area (Å²) < 4.78 is 11.2. The molecule has 1 aromatic rings. The van der Waals surface area contributed by atoms with Crippen LogP contribution in [0.4, 0.5) is 0 Å². The number of rotatable bonds is 3. The smallest absolute Gasteiger partial charge is 0.407 e. The Morgan fingerprint density at radius 3 is 2.06 bits per heavy atom. The van der Waals surface area contributed by atoms with E-state index in [0.717, 1.165) is 35.8 Å². The molecule has 0 aliphatic carbocycles. The van der Waals surface area contributed by atoms with Gasteiger partial charge in [-0.05, 0) is 23.0 Å². The Morgan fingerprint density at radius 2 is 1.56 bits per heavy atom. The highest BCUT2D eigenvalue weighted by atomic mass is 79.9. The Morgan fingerprint density at radius 1 is 1.00 bits per heavy atom. The van der Waals surface area contributed by atoms with Crippen molar-refractivity contribution in [3.63, 3.8) is 0 Å². The summed E-state index contributed by atoms with van der Waals surface area (Å²) in [5.41, 5.74) is 3.63. The number of alkyl halides is 2. The minimum absolute atomic E-state index is 0.189. The highest BCUT2D eigenvalue weighted by Crippen LogP contribution is 2.12. The zero-order chi connectivity index (χ0) is 11.4. The Kier molecular flexibility index (Phi) is 4.88. The summed E-state index contributed by atoms with van der Waals surface area (Å²) in [6.07, 6.45) is 0.986. The molecule has 0 radical (unpaired) electrons. The lowest BCUT2D eigenvalue weighted by atomic mass is 9.76. The molecule has 2 rings (SSSR count). The fourth-order valence-corrected chi connectivity index (χ4v) is 2.41. The molecule has 1 fully saturated rings. The van der Waals surface area contributed by atoms with E-state index in [4.69, 9.17) is 9.31 Å². The van der Waals surface area contributed by atoms with E-state index >= 15 is 0 Å². The predicted molar refractivity (Wildman–Crippen MR) is 73.6 cm³/mol. The van der Waals surface area contributed by atoms with Crippen LogP contribution in [0.5, 0.6) is 0 Å². The highest BCUT2D eigenvalue weighted by molar-refractivity contribution is 9.08. The molecule has 0 spiro atoms. The summed E-state index contributed by atoms with van der Waals surface area (Å²) in [6.45, 7) is 1.57. The molecule has 1 aliphatic rings. The number of benzene rings is 1. The van der Waals surface area contributed by atoms with E-state index in [1.54, 1.807) is 0 Å². The molecule has 0 atom stereocenters. The molecule has 0 unspecified atom stereocenters. The maximum Gasteiger partial charge on any atom is 0.493 e. The summed E-state index contributed by atoms with van der Waals surface area (Å²) in [7, 11) is -0.189. The zero-order valence-electron chi connectivity index (χ0n) is 8.92. The van der Waals surface area contributed by atoms with E-state index in [-0.39, 0.29) is 7.12 Å². The van der Waals surface area contributed by atoms with Gasteiger partial charge in [0.1, 0.15) is 0 Å². The fraction of sp³-hybridized carbons (Fsp3) is 0.455. The first kappa shape index (κ1) is 12.6. The number of hydrogen-bond donors (Lipinski definition) is 0. The average Bonchev–Trinajstić information content (AvgIpc) is 2.39. The van der Waals surface area contributed by atoms with Gasteiger partial charge in [0.2, 0.25) is 0 Å². The largest absolute Gasteiger partial charge is 0.493 e. The molecule has 0 saturated carbocycles. The standard InChI is InChI=1S/C11H13BBr2O2/c13-7-9-4-10(8-14)6-11(5-9)12-15-2-1-3-16-12/h4-6H,1-3,7-8H2. The van der Waals surface area contributed by atoms with Crippen molar-refractivity contribution in [1.29, 1.82) is 0 Å². The van der Waals surface area contributed by atoms with E-state index < -0.39 is 0 Å². The minimum Gasteiger partial charge on any atom is -0.407 e. The van der Waals surface area contributed by atoms with Crippen LogP contribution in [0.15, 0.2) is 18.2 Å². The Hall–Kier alpha value is 0.165. The van der Waals surface area contributed by atoms with Crippen molar-refractivity contribution in [2.75, 3.05) is 13.2 Å². The van der Waals surface area contributed by atoms with Crippen LogP contribution in [0, 0.1) is 0 Å². The molecule has 86 valence electrons. The second kappa shape index (κ2) is 6.19. The summed E-state index contributed by atoms with van der Waals surface area (Å²) in [5, 5.41) is 1.71. The third-order valence-corrected chi connectivity index (χ3v) is 3.78. The molecule has 1 aromatic carbocycles. The minimum atomic E-state index is -0.189. The van der Waals surface area contributed by atoms with Crippen molar-refractivity contribution in [2.24, 2.45) is 0 Å². The summed E-state index contributed by atoms with van der Waals surface area (Å²) in [6, 6.07) is 6.45. The molecule has 0 amide bonds. The summed E-state index contributed by atoms with van der Waals surface area (Å²) >= 11 is 6.96. The van der Waals surface area contributed by atoms with Gasteiger partial charge < -0.3 is 9.31 Å². The van der Waals surface area contributed by atoms with Crippen LogP contribution in [-0.4, -0.2) is 20.3 Å². The van der Waals surface area contributed by atoms with Crippen molar-refractivity contribution in [3.05, 3.63) is 29.3 Å². The van der Waals surface area contributed by atoms with E-state index in [2.05, 4.69) is 50.1 Å². The molecule has 1 aliphatic heterocycles. The van der Waals surface area contributed by atoms with Gasteiger partial charge in [-0.25, -0.2) is 0 Å². The second-order valence-corrected chi connectivity index (χ2v) is 4.90. The van der Waals surface area contributed by atoms with E-state index in [1.807, 2.05) is 0 Å². The van der Waals surface area contributed by atoms with Crippen molar-refractivity contribution < 1.29 is 9.31 Å². The second-order valence-electron chi connectivity index (χ2n) is 3.78. The van der Waals surface area contributed by atoms with Crippen LogP contribution in [0.25, 0.3) is 0 Å². The lowest BCUT2D eigenvalue weighted by Gasteiger charge is -2.20. The summed E-state index contributed by atoms with van der Waals surface area (Å²) in [4.78, 5) is 0. The Labute approximate surface area is 113 Å². The van der Waals surface area contributed by atoms with Crippen molar-refractivity contribution in [2.45, 2.75) is 17.1 Å². The summed E-state index contributed by atoms with van der Waals surface area (Å²) in [5.74, 6) is 0. The fourth-order valence-electron chi connectivity index (χ4n) is 1.76. The third-order valence-electron chi connectivity index (χ3n) is 2.48. The Bertz CT molecular complexity index is 332. The zero-order valence-corrected chi connectivity index (χ0v) is 12.1. The molecule has 5 heteroatoms. The molecule has 0 N–H and O–H groups in total. The SMILES string of the molecule is BrCc1cc(CBr)cc(B2OCCCO2)c1. The molecular formula is C11H13BBr2O2. The molecule has 1 saturated heterocycles. The number of hydrogen-bond acceptors (Lipinski definition) is 2. The topological polar surface area (TPSA) is 18.5 Å². The first-order chi connectivity index (χ1) is 7.83. The first-order valence-corrected chi connectivity index (χ1v) is 7.55. The van der Waals surface area contributed by atoms with Crippen molar-refractivity contribution in [1.82, 2.24) is 0 Å². The van der Waals surface area contributed by atoms with E-state index in [9.17, 15) is 0 Å². The van der Waals surface area contributed by atoms with Crippen molar-refractivity contribution >= 4 is 44.4 Å². The highest BCUT2D eigenvalue weighted by Gasteiger charge is 2.24. The van der Waals surface area contributed by atoms with Crippen LogP contribution >= 0.6 is 31.9 Å². The van der Waals surface area contributed by atoms with E-state index in [1.165, 1.54) is 11.1 Å². The van der Waals surface area contributed by atoms with Crippen molar-refractivity contribution in [3.8, 4) is 0 Å². The van der Waals surface area contributed by atoms with Gasteiger partial charge in [0.15, 0.2) is 0 Å². The average molecular weight is 348 g/mol. The molecule has 16 heavy (non-hydrogen) atoms. The van der Waals surface area contributed by atoms with Gasteiger partial charge in [-0.1, -0.05) is 50.1 Å². The lowest BCUT2D eigenvalue weighted by Crippen LogP contribution is -2.41. The van der Waals surface area contributed by atoms with Gasteiger partial charge in [-0.15, -0.1) is 0 Å². The molecule has 0 bridgehead atoms. The normalized spacial score (nSPS) is 16.5. The lowest BCUT2D eigenvalue weighted by molar-refractivity contribution is 0.143. The first-order valence-electron chi connectivity index (χ1n) is 5.31. The molecular weight excluding hydrogens is 335 g/mol. The molecule has 2 nitrogen and oxygen atoms in total. The van der Waals surface area contributed by atoms with Crippen LogP contribution in [-0.2, 0) is 20.0 Å².